The molecule has 0 spiro atoms. The molecule has 1 unspecified atom stereocenters. The number of benzene rings is 1. The molecule has 0 saturated carbocycles. The summed E-state index contributed by atoms with van der Waals surface area (Å²) in [4.78, 5) is 3.73. The first kappa shape index (κ1) is 9.82. The maximum Gasteiger partial charge on any atom is 0.282 e. The number of nitrogens with zero attached hydrogens (tertiary/aromatic N) is 1. The largest absolute Gasteiger partial charge is 0.463 e. The van der Waals surface area contributed by atoms with E-state index in [2.05, 4.69) is 4.99 Å². The average Bonchev–Trinajstić information content (AvgIpc) is 2.58. The Morgan fingerprint density at radius 1 is 1.20 bits per heavy atom. The Bertz CT molecular complexity index is 434. The number of rotatable bonds is 1. The zero-order valence-corrected chi connectivity index (χ0v) is 7.51. The van der Waals surface area contributed by atoms with Gasteiger partial charge in [0, 0.05) is 11.6 Å². The first-order valence-corrected chi connectivity index (χ1v) is 4.18. The zero-order chi connectivity index (χ0) is 11.0. The number of ether oxygens (including phenoxy) is 1. The first-order valence-electron chi connectivity index (χ1n) is 4.18. The molecular weight excluding hydrogens is 209 g/mol. The molecule has 0 aliphatic carbocycles. The van der Waals surface area contributed by atoms with Crippen LogP contribution < -0.4 is 5.73 Å². The highest BCUT2D eigenvalue weighted by atomic mass is 19.2. The van der Waals surface area contributed by atoms with Crippen molar-refractivity contribution in [3.05, 3.63) is 35.1 Å². The molecule has 2 N–H and O–H groups in total. The molecule has 0 radical (unpaired) electrons. The molecular formula is C9H7F3N2O. The molecule has 80 valence electrons. The van der Waals surface area contributed by atoms with Crippen molar-refractivity contribution >= 4 is 6.02 Å². The summed E-state index contributed by atoms with van der Waals surface area (Å²) in [6.45, 7) is 0.0355. The summed E-state index contributed by atoms with van der Waals surface area (Å²) in [5.41, 5.74) is 5.16. The van der Waals surface area contributed by atoms with Crippen LogP contribution in [0.15, 0.2) is 17.1 Å². The molecule has 1 atom stereocenters. The van der Waals surface area contributed by atoms with Crippen molar-refractivity contribution in [1.29, 1.82) is 0 Å². The van der Waals surface area contributed by atoms with Gasteiger partial charge in [-0.25, -0.2) is 18.2 Å². The van der Waals surface area contributed by atoms with Crippen LogP contribution in [0.1, 0.15) is 11.6 Å². The number of aliphatic imine (C=N–C) groups is 1. The fourth-order valence-electron chi connectivity index (χ4n) is 1.35. The Morgan fingerprint density at radius 3 is 2.47 bits per heavy atom. The second kappa shape index (κ2) is 3.45. The summed E-state index contributed by atoms with van der Waals surface area (Å²) in [6.07, 6.45) is 0. The molecule has 0 aromatic heterocycles. The summed E-state index contributed by atoms with van der Waals surface area (Å²) in [5, 5.41) is 0. The number of halogens is 3. The molecule has 0 bridgehead atoms. The van der Waals surface area contributed by atoms with Crippen LogP contribution in [-0.2, 0) is 4.74 Å². The number of amidine groups is 1. The molecule has 3 nitrogen and oxygen atoms in total. The average molecular weight is 216 g/mol. The maximum absolute atomic E-state index is 13.2. The molecule has 1 aromatic rings. The van der Waals surface area contributed by atoms with E-state index in [0.29, 0.717) is 6.07 Å². The molecule has 0 saturated heterocycles. The van der Waals surface area contributed by atoms with Gasteiger partial charge in [0.1, 0.15) is 18.5 Å². The van der Waals surface area contributed by atoms with Crippen molar-refractivity contribution < 1.29 is 17.9 Å². The number of nitrogens with two attached hydrogens (primary N) is 1. The van der Waals surface area contributed by atoms with Gasteiger partial charge in [-0.1, -0.05) is 0 Å². The Balaban J connectivity index is 2.40. The molecule has 1 aliphatic heterocycles. The van der Waals surface area contributed by atoms with Crippen LogP contribution in [0, 0.1) is 17.5 Å². The Labute approximate surface area is 83.4 Å². The molecule has 1 aromatic carbocycles. The normalized spacial score (nSPS) is 19.9. The van der Waals surface area contributed by atoms with E-state index in [1.807, 2.05) is 0 Å². The standard InChI is InChI=1S/C9H7F3N2O/c10-5-2-7(12)6(11)1-4(5)8-3-15-9(13)14-8/h1-2,8H,3H2,(H2,13,14). The van der Waals surface area contributed by atoms with Gasteiger partial charge < -0.3 is 10.5 Å². The van der Waals surface area contributed by atoms with Crippen LogP contribution in [0.25, 0.3) is 0 Å². The van der Waals surface area contributed by atoms with E-state index < -0.39 is 23.5 Å². The smallest absolute Gasteiger partial charge is 0.282 e. The van der Waals surface area contributed by atoms with Gasteiger partial charge in [0.25, 0.3) is 6.02 Å². The monoisotopic (exact) mass is 216 g/mol. The fraction of sp³-hybridized carbons (Fsp3) is 0.222. The van der Waals surface area contributed by atoms with Gasteiger partial charge in [-0.3, -0.25) is 0 Å². The summed E-state index contributed by atoms with van der Waals surface area (Å²) in [7, 11) is 0. The Kier molecular flexibility index (Phi) is 2.26. The summed E-state index contributed by atoms with van der Waals surface area (Å²) in [5.74, 6) is -3.21. The highest BCUT2D eigenvalue weighted by Crippen LogP contribution is 2.26. The van der Waals surface area contributed by atoms with Crippen LogP contribution >= 0.6 is 0 Å². The Hall–Kier alpha value is -1.72. The Morgan fingerprint density at radius 2 is 1.87 bits per heavy atom. The second-order valence-corrected chi connectivity index (χ2v) is 3.08. The van der Waals surface area contributed by atoms with Gasteiger partial charge in [-0.15, -0.1) is 0 Å². The predicted octanol–water partition coefficient (Wildman–Crippen LogP) is 1.49. The highest BCUT2D eigenvalue weighted by Gasteiger charge is 2.23. The van der Waals surface area contributed by atoms with Gasteiger partial charge >= 0.3 is 0 Å². The summed E-state index contributed by atoms with van der Waals surface area (Å²) in [6, 6.07) is 0.458. The fourth-order valence-corrected chi connectivity index (χ4v) is 1.35. The van der Waals surface area contributed by atoms with Crippen LogP contribution in [-0.4, -0.2) is 12.6 Å². The third-order valence-electron chi connectivity index (χ3n) is 2.07. The van der Waals surface area contributed by atoms with Crippen molar-refractivity contribution in [2.75, 3.05) is 6.61 Å². The number of hydrogen-bond donors (Lipinski definition) is 1. The molecule has 1 aliphatic rings. The minimum atomic E-state index is -1.23. The molecule has 0 amide bonds. The van der Waals surface area contributed by atoms with E-state index >= 15 is 0 Å². The van der Waals surface area contributed by atoms with Crippen molar-refractivity contribution in [3.8, 4) is 0 Å². The minimum Gasteiger partial charge on any atom is -0.463 e. The first-order chi connectivity index (χ1) is 7.08. The lowest BCUT2D eigenvalue weighted by Crippen LogP contribution is -2.10. The van der Waals surface area contributed by atoms with Crippen LogP contribution in [0.2, 0.25) is 0 Å². The second-order valence-electron chi connectivity index (χ2n) is 3.08. The maximum atomic E-state index is 13.2. The van der Waals surface area contributed by atoms with Crippen LogP contribution in [0.4, 0.5) is 13.2 Å². The van der Waals surface area contributed by atoms with Gasteiger partial charge in [0.15, 0.2) is 11.6 Å². The van der Waals surface area contributed by atoms with E-state index in [4.69, 9.17) is 10.5 Å². The van der Waals surface area contributed by atoms with E-state index in [1.165, 1.54) is 0 Å². The lowest BCUT2D eigenvalue weighted by molar-refractivity contribution is 0.312. The topological polar surface area (TPSA) is 47.6 Å². The van der Waals surface area contributed by atoms with E-state index in [0.717, 1.165) is 6.07 Å². The van der Waals surface area contributed by atoms with Crippen molar-refractivity contribution in [3.63, 3.8) is 0 Å². The molecule has 6 heteroatoms. The number of hydrogen-bond acceptors (Lipinski definition) is 3. The van der Waals surface area contributed by atoms with Gasteiger partial charge in [-0.2, -0.15) is 0 Å². The SMILES string of the molecule is NC1=NC(c2cc(F)c(F)cc2F)CO1. The van der Waals surface area contributed by atoms with E-state index in [1.54, 1.807) is 0 Å². The molecule has 0 fully saturated rings. The predicted molar refractivity (Wildman–Crippen MR) is 46.6 cm³/mol. The van der Waals surface area contributed by atoms with Gasteiger partial charge in [-0.05, 0) is 6.07 Å². The van der Waals surface area contributed by atoms with Crippen molar-refractivity contribution in [2.45, 2.75) is 6.04 Å². The van der Waals surface area contributed by atoms with Gasteiger partial charge in [0.05, 0.1) is 0 Å². The van der Waals surface area contributed by atoms with Crippen molar-refractivity contribution in [1.82, 2.24) is 0 Å². The third kappa shape index (κ3) is 1.74. The lowest BCUT2D eigenvalue weighted by atomic mass is 10.1. The summed E-state index contributed by atoms with van der Waals surface area (Å²) >= 11 is 0. The lowest BCUT2D eigenvalue weighted by Gasteiger charge is -2.07. The van der Waals surface area contributed by atoms with Crippen LogP contribution in [0.3, 0.4) is 0 Å². The van der Waals surface area contributed by atoms with E-state index in [-0.39, 0.29) is 18.2 Å². The quantitative estimate of drug-likeness (QED) is 0.723. The summed E-state index contributed by atoms with van der Waals surface area (Å²) < 4.78 is 43.5. The minimum absolute atomic E-state index is 0.0355. The molecule has 1 heterocycles. The highest BCUT2D eigenvalue weighted by molar-refractivity contribution is 5.73. The van der Waals surface area contributed by atoms with E-state index in [9.17, 15) is 13.2 Å². The molecule has 2 rings (SSSR count). The van der Waals surface area contributed by atoms with Gasteiger partial charge in [0.2, 0.25) is 0 Å². The van der Waals surface area contributed by atoms with Crippen LogP contribution in [0.5, 0.6) is 0 Å². The third-order valence-corrected chi connectivity index (χ3v) is 2.07. The van der Waals surface area contributed by atoms with Crippen molar-refractivity contribution in [2.24, 2.45) is 10.7 Å². The molecule has 15 heavy (non-hydrogen) atoms. The zero-order valence-electron chi connectivity index (χ0n) is 7.51.